The molecule has 27 heavy (non-hydrogen) atoms. The Morgan fingerprint density at radius 1 is 0.889 bits per heavy atom. The smallest absolute Gasteiger partial charge is 0.244 e. The summed E-state index contributed by atoms with van der Waals surface area (Å²) in [5.41, 5.74) is 0.353. The second-order valence-corrected chi connectivity index (χ2v) is 11.1. The Morgan fingerprint density at radius 3 is 1.81 bits per heavy atom. The Kier molecular flexibility index (Phi) is 5.97. The van der Waals surface area contributed by atoms with Gasteiger partial charge in [-0.1, -0.05) is 13.8 Å². The summed E-state index contributed by atoms with van der Waals surface area (Å²) < 4.78 is 2.24. The maximum Gasteiger partial charge on any atom is 0.357 e. The Labute approximate surface area is 170 Å². The molecule has 2 saturated heterocycles. The predicted octanol–water partition coefficient (Wildman–Crippen LogP) is 4.32. The van der Waals surface area contributed by atoms with E-state index in [4.69, 9.17) is 0 Å². The van der Waals surface area contributed by atoms with Crippen LogP contribution in [0.4, 0.5) is 0 Å². The first-order chi connectivity index (χ1) is 12.3. The van der Waals surface area contributed by atoms with Gasteiger partial charge >= 0.3 is 5.91 Å². The Bertz CT molecular complexity index is 544. The van der Waals surface area contributed by atoms with E-state index in [-0.39, 0.29) is 17.0 Å². The van der Waals surface area contributed by atoms with Crippen molar-refractivity contribution in [3.8, 4) is 0 Å². The van der Waals surface area contributed by atoms with E-state index in [2.05, 4.69) is 93.1 Å². The molecule has 0 bridgehead atoms. The molecule has 2 rings (SSSR count). The molecule has 2 aliphatic heterocycles. The zero-order valence-electron chi connectivity index (χ0n) is 20.7. The number of hydrogen-bond acceptors (Lipinski definition) is 2. The quantitative estimate of drug-likeness (QED) is 0.631. The summed E-state index contributed by atoms with van der Waals surface area (Å²) in [6.07, 6.45) is 2.37. The fraction of sp³-hybridized carbons (Fsp3) is 1.00. The Morgan fingerprint density at radius 2 is 1.41 bits per heavy atom. The zero-order chi connectivity index (χ0) is 21.1. The van der Waals surface area contributed by atoms with Crippen molar-refractivity contribution in [3.63, 3.8) is 0 Å². The molecular weight excluding hydrogens is 332 g/mol. The summed E-state index contributed by atoms with van der Waals surface area (Å²) >= 11 is 0. The summed E-state index contributed by atoms with van der Waals surface area (Å²) in [5.74, 6) is -0.0125. The van der Waals surface area contributed by atoms with Crippen LogP contribution in [0.1, 0.15) is 82.1 Å². The van der Waals surface area contributed by atoms with Gasteiger partial charge < -0.3 is 0 Å². The van der Waals surface area contributed by atoms with E-state index in [0.29, 0.717) is 12.1 Å². The third-order valence-electron chi connectivity index (χ3n) is 9.09. The lowest BCUT2D eigenvalue weighted by molar-refractivity contribution is -1.17. The molecular formula is C23H50N4+2. The summed E-state index contributed by atoms with van der Waals surface area (Å²) in [5, 5.41) is 0. The van der Waals surface area contributed by atoms with E-state index in [0.717, 1.165) is 8.97 Å². The van der Waals surface area contributed by atoms with Gasteiger partial charge in [0.2, 0.25) is 0 Å². The van der Waals surface area contributed by atoms with Gasteiger partial charge in [0.1, 0.15) is 12.6 Å². The van der Waals surface area contributed by atoms with Crippen LogP contribution in [0, 0.1) is 0 Å². The van der Waals surface area contributed by atoms with Crippen LogP contribution in [0.25, 0.3) is 0 Å². The topological polar surface area (TPSA) is 6.48 Å². The highest BCUT2D eigenvalue weighted by Gasteiger charge is 2.81. The van der Waals surface area contributed by atoms with Crippen molar-refractivity contribution in [2.45, 2.75) is 111 Å². The summed E-state index contributed by atoms with van der Waals surface area (Å²) in [6, 6.07) is 1.21. The fourth-order valence-electron chi connectivity index (χ4n) is 6.58. The molecule has 2 heterocycles. The molecule has 3 unspecified atom stereocenters. The lowest BCUT2D eigenvalue weighted by atomic mass is 9.94. The van der Waals surface area contributed by atoms with Crippen LogP contribution >= 0.6 is 0 Å². The molecule has 0 aromatic carbocycles. The van der Waals surface area contributed by atoms with Crippen molar-refractivity contribution >= 4 is 0 Å². The molecule has 0 N–H and O–H groups in total. The number of rotatable bonds is 6. The highest BCUT2D eigenvalue weighted by atomic mass is 15.9. The van der Waals surface area contributed by atoms with Gasteiger partial charge in [0.15, 0.2) is 0 Å². The summed E-state index contributed by atoms with van der Waals surface area (Å²) in [7, 11) is 5.10. The van der Waals surface area contributed by atoms with Gasteiger partial charge in [0, 0.05) is 11.1 Å². The molecule has 0 saturated carbocycles. The molecule has 0 aliphatic carbocycles. The van der Waals surface area contributed by atoms with Crippen molar-refractivity contribution in [3.05, 3.63) is 0 Å². The molecule has 5 atom stereocenters. The average Bonchev–Trinajstić information content (AvgIpc) is 3.00. The lowest BCUT2D eigenvalue weighted by Crippen LogP contribution is -2.85. The maximum absolute atomic E-state index is 2.97. The Hall–Kier alpha value is -0.160. The average molecular weight is 383 g/mol. The minimum absolute atomic E-state index is 0.0125. The van der Waals surface area contributed by atoms with E-state index in [1.807, 2.05) is 0 Å². The monoisotopic (exact) mass is 382 g/mol. The van der Waals surface area contributed by atoms with Gasteiger partial charge in [-0.2, -0.15) is 9.80 Å². The van der Waals surface area contributed by atoms with Gasteiger partial charge in [-0.05, 0) is 68.2 Å². The van der Waals surface area contributed by atoms with Crippen molar-refractivity contribution in [1.29, 1.82) is 0 Å². The van der Waals surface area contributed by atoms with Crippen LogP contribution < -0.4 is 0 Å². The van der Waals surface area contributed by atoms with Gasteiger partial charge in [0.05, 0.1) is 39.8 Å². The minimum Gasteiger partial charge on any atom is -0.244 e. The second-order valence-electron chi connectivity index (χ2n) is 11.1. The third-order valence-corrected chi connectivity index (χ3v) is 9.09. The van der Waals surface area contributed by atoms with Crippen molar-refractivity contribution in [2.75, 3.05) is 40.3 Å². The van der Waals surface area contributed by atoms with Crippen LogP contribution in [0.3, 0.4) is 0 Å². The number of likely N-dealkylation sites (N-methyl/N-ethyl adjacent to an activating group) is 2. The van der Waals surface area contributed by atoms with Crippen LogP contribution in [-0.2, 0) is 0 Å². The summed E-state index contributed by atoms with van der Waals surface area (Å²) in [4.78, 5) is 5.91. The van der Waals surface area contributed by atoms with Gasteiger partial charge in [0.25, 0.3) is 0 Å². The van der Waals surface area contributed by atoms with E-state index in [9.17, 15) is 0 Å². The molecule has 0 radical (unpaired) electrons. The first-order valence-electron chi connectivity index (χ1n) is 11.5. The van der Waals surface area contributed by atoms with Crippen molar-refractivity contribution in [1.82, 2.24) is 9.80 Å². The number of nitrogens with zero attached hydrogens (tertiary/aromatic N) is 4. The van der Waals surface area contributed by atoms with E-state index in [1.54, 1.807) is 0 Å². The largest absolute Gasteiger partial charge is 0.357 e. The molecule has 160 valence electrons. The molecule has 0 amide bonds. The van der Waals surface area contributed by atoms with Crippen LogP contribution in [0.2, 0.25) is 0 Å². The molecule has 1 spiro atoms. The first-order valence-corrected chi connectivity index (χ1v) is 11.5. The second kappa shape index (κ2) is 6.97. The number of hydrogen-bond donors (Lipinski definition) is 0. The third kappa shape index (κ3) is 2.77. The highest BCUT2D eigenvalue weighted by molar-refractivity contribution is 5.02. The van der Waals surface area contributed by atoms with Crippen LogP contribution in [0.5, 0.6) is 0 Å². The molecule has 4 heteroatoms. The van der Waals surface area contributed by atoms with Gasteiger partial charge in [-0.25, -0.2) is 8.97 Å². The molecule has 4 nitrogen and oxygen atoms in total. The predicted molar refractivity (Wildman–Crippen MR) is 117 cm³/mol. The highest BCUT2D eigenvalue weighted by Crippen LogP contribution is 2.56. The number of quaternary nitrogens is 2. The SMILES string of the molecule is CCC(C)(C)N1CC(C)[N@@+](C)(CC)C12N(C(C)(C)CC)C(C)C[N@@+]2(C)CC. The normalized spacial score (nSPS) is 41.8. The zero-order valence-corrected chi connectivity index (χ0v) is 20.7. The van der Waals surface area contributed by atoms with E-state index in [1.165, 1.54) is 39.0 Å². The molecule has 0 aromatic rings. The van der Waals surface area contributed by atoms with Crippen LogP contribution in [-0.4, -0.2) is 88.1 Å². The van der Waals surface area contributed by atoms with E-state index < -0.39 is 0 Å². The molecule has 2 fully saturated rings. The maximum atomic E-state index is 2.97. The van der Waals surface area contributed by atoms with Crippen LogP contribution in [0.15, 0.2) is 0 Å². The van der Waals surface area contributed by atoms with Gasteiger partial charge in [-0.3, -0.25) is 0 Å². The Balaban J connectivity index is 2.92. The van der Waals surface area contributed by atoms with Crippen molar-refractivity contribution in [2.24, 2.45) is 0 Å². The molecule has 2 aliphatic rings. The fourth-order valence-corrected chi connectivity index (χ4v) is 6.58. The first kappa shape index (κ1) is 23.1. The van der Waals surface area contributed by atoms with E-state index >= 15 is 0 Å². The minimum atomic E-state index is -0.0125. The standard InChI is InChI=1S/C23H50N4/c1-13-21(7,8)24-17-20(6)27(12,16-4)23(24)25(22(9,10)14-2)19(5)18-26(23,11)15-3/h19-20H,13-18H2,1-12H3/q+2/t19?,20?,23?,26-,27-/m1/s1. The molecule has 0 aromatic heterocycles. The summed E-state index contributed by atoms with van der Waals surface area (Å²) in [6.45, 7) is 29.3. The van der Waals surface area contributed by atoms with Crippen molar-refractivity contribution < 1.29 is 8.97 Å². The van der Waals surface area contributed by atoms with Gasteiger partial charge in [-0.15, -0.1) is 0 Å². The lowest BCUT2D eigenvalue weighted by Gasteiger charge is -2.61.